The molecular formula is C24H30N2O4. The highest BCUT2D eigenvalue weighted by molar-refractivity contribution is 5.96. The number of hydrogen-bond acceptors (Lipinski definition) is 5. The summed E-state index contributed by atoms with van der Waals surface area (Å²) in [6.45, 7) is 5.85. The number of ether oxygens (including phenoxy) is 2. The van der Waals surface area contributed by atoms with Gasteiger partial charge in [0.1, 0.15) is 11.8 Å². The topological polar surface area (TPSA) is 67.9 Å². The Hall–Kier alpha value is -2.86. The van der Waals surface area contributed by atoms with E-state index >= 15 is 0 Å². The van der Waals surface area contributed by atoms with Crippen LogP contribution < -0.4 is 10.1 Å². The number of anilines is 1. The van der Waals surface area contributed by atoms with Gasteiger partial charge in [0.2, 0.25) is 5.91 Å². The molecule has 0 unspecified atom stereocenters. The molecule has 1 N–H and O–H groups in total. The molecule has 6 nitrogen and oxygen atoms in total. The van der Waals surface area contributed by atoms with Gasteiger partial charge in [-0.2, -0.15) is 0 Å². The molecule has 0 spiro atoms. The quantitative estimate of drug-likeness (QED) is 0.665. The lowest BCUT2D eigenvalue weighted by Crippen LogP contribution is -2.45. The van der Waals surface area contributed by atoms with Gasteiger partial charge in [-0.25, -0.2) is 0 Å². The van der Waals surface area contributed by atoms with Crippen molar-refractivity contribution in [3.8, 4) is 5.75 Å². The minimum atomic E-state index is -0.502. The van der Waals surface area contributed by atoms with Crippen LogP contribution in [0.3, 0.4) is 0 Å². The number of nitrogens with one attached hydrogen (secondary N) is 1. The molecule has 0 aliphatic carbocycles. The second-order valence-electron chi connectivity index (χ2n) is 7.32. The maximum atomic E-state index is 13.4. The van der Waals surface area contributed by atoms with Gasteiger partial charge in [0.05, 0.1) is 24.8 Å². The number of piperidine rings is 1. The van der Waals surface area contributed by atoms with Crippen molar-refractivity contribution in [3.63, 3.8) is 0 Å². The molecule has 6 heteroatoms. The number of amides is 1. The lowest BCUT2D eigenvalue weighted by atomic mass is 9.94. The molecule has 1 aliphatic rings. The van der Waals surface area contributed by atoms with E-state index in [0.717, 1.165) is 24.9 Å². The van der Waals surface area contributed by atoms with Crippen LogP contribution >= 0.6 is 0 Å². The first kappa shape index (κ1) is 21.8. The highest BCUT2D eigenvalue weighted by atomic mass is 16.5. The van der Waals surface area contributed by atoms with Crippen LogP contribution in [0.15, 0.2) is 54.6 Å². The van der Waals surface area contributed by atoms with E-state index in [1.807, 2.05) is 68.4 Å². The van der Waals surface area contributed by atoms with E-state index in [9.17, 15) is 9.59 Å². The average Bonchev–Trinajstić information content (AvgIpc) is 2.77. The predicted octanol–water partition coefficient (Wildman–Crippen LogP) is 4.04. The molecular weight excluding hydrogens is 380 g/mol. The lowest BCUT2D eigenvalue weighted by molar-refractivity contribution is -0.151. The summed E-state index contributed by atoms with van der Waals surface area (Å²) in [5, 5.41) is 3.04. The largest absolute Gasteiger partial charge is 0.492 e. The van der Waals surface area contributed by atoms with Crippen molar-refractivity contribution in [2.75, 3.05) is 31.6 Å². The summed E-state index contributed by atoms with van der Waals surface area (Å²) in [5.41, 5.74) is 1.54. The fraction of sp³-hybridized carbons (Fsp3) is 0.417. The van der Waals surface area contributed by atoms with E-state index in [4.69, 9.17) is 9.47 Å². The van der Waals surface area contributed by atoms with Gasteiger partial charge < -0.3 is 14.8 Å². The fourth-order valence-electron chi connectivity index (χ4n) is 3.91. The van der Waals surface area contributed by atoms with Crippen molar-refractivity contribution >= 4 is 17.6 Å². The molecule has 0 radical (unpaired) electrons. The molecule has 2 atom stereocenters. The van der Waals surface area contributed by atoms with Crippen LogP contribution in [0.2, 0.25) is 0 Å². The van der Waals surface area contributed by atoms with Gasteiger partial charge in [-0.1, -0.05) is 42.5 Å². The first-order valence-corrected chi connectivity index (χ1v) is 10.6. The SMILES string of the molecule is CCOC(=O)[C@@H]1CCCN([C@H](C(=O)Nc2ccccc2OCC)c2ccccc2)C1. The number of hydrogen-bond donors (Lipinski definition) is 1. The van der Waals surface area contributed by atoms with E-state index in [1.165, 1.54) is 0 Å². The maximum Gasteiger partial charge on any atom is 0.310 e. The zero-order valence-electron chi connectivity index (χ0n) is 17.7. The molecule has 0 aromatic heterocycles. The van der Waals surface area contributed by atoms with Crippen molar-refractivity contribution in [3.05, 3.63) is 60.2 Å². The van der Waals surface area contributed by atoms with Crippen LogP contribution in [0.5, 0.6) is 5.75 Å². The van der Waals surface area contributed by atoms with Crippen molar-refractivity contribution in [1.29, 1.82) is 0 Å². The Morgan fingerprint density at radius 3 is 2.53 bits per heavy atom. The number of nitrogens with zero attached hydrogens (tertiary/aromatic N) is 1. The molecule has 1 saturated heterocycles. The fourth-order valence-corrected chi connectivity index (χ4v) is 3.91. The van der Waals surface area contributed by atoms with Crippen LogP contribution in [0.25, 0.3) is 0 Å². The molecule has 3 rings (SSSR count). The molecule has 160 valence electrons. The highest BCUT2D eigenvalue weighted by Crippen LogP contribution is 2.31. The van der Waals surface area contributed by atoms with E-state index < -0.39 is 6.04 Å². The lowest BCUT2D eigenvalue weighted by Gasteiger charge is -2.37. The van der Waals surface area contributed by atoms with Gasteiger partial charge >= 0.3 is 5.97 Å². The number of para-hydroxylation sites is 2. The number of carbonyl (C=O) groups is 2. The van der Waals surface area contributed by atoms with Crippen molar-refractivity contribution < 1.29 is 19.1 Å². The highest BCUT2D eigenvalue weighted by Gasteiger charge is 2.35. The number of benzene rings is 2. The first-order valence-electron chi connectivity index (χ1n) is 10.6. The third-order valence-corrected chi connectivity index (χ3v) is 5.25. The standard InChI is InChI=1S/C24H30N2O4/c1-3-29-21-15-9-8-14-20(21)25-23(27)22(18-11-6-5-7-12-18)26-16-10-13-19(17-26)24(28)30-4-2/h5-9,11-12,14-15,19,22H,3-4,10,13,16-17H2,1-2H3,(H,25,27)/t19-,22+/m1/s1. The number of carbonyl (C=O) groups excluding carboxylic acids is 2. The Balaban J connectivity index is 1.85. The molecule has 2 aromatic carbocycles. The van der Waals surface area contributed by atoms with Crippen LogP contribution in [-0.4, -0.2) is 43.1 Å². The van der Waals surface area contributed by atoms with Crippen molar-refractivity contribution in [2.45, 2.75) is 32.7 Å². The van der Waals surface area contributed by atoms with Crippen molar-refractivity contribution in [1.82, 2.24) is 4.90 Å². The average molecular weight is 411 g/mol. The van der Waals surface area contributed by atoms with Crippen molar-refractivity contribution in [2.24, 2.45) is 5.92 Å². The predicted molar refractivity (Wildman–Crippen MR) is 116 cm³/mol. The smallest absolute Gasteiger partial charge is 0.310 e. The molecule has 1 aliphatic heterocycles. The Kier molecular flexibility index (Phi) is 7.85. The van der Waals surface area contributed by atoms with Gasteiger partial charge in [0.15, 0.2) is 0 Å². The van der Waals surface area contributed by atoms with Gasteiger partial charge in [-0.3, -0.25) is 14.5 Å². The monoisotopic (exact) mass is 410 g/mol. The van der Waals surface area contributed by atoms with E-state index in [0.29, 0.717) is 31.2 Å². The Morgan fingerprint density at radius 2 is 1.80 bits per heavy atom. The summed E-state index contributed by atoms with van der Waals surface area (Å²) in [6.07, 6.45) is 1.63. The molecule has 0 bridgehead atoms. The van der Waals surface area contributed by atoms with Crippen LogP contribution in [0.4, 0.5) is 5.69 Å². The first-order chi connectivity index (χ1) is 14.6. The molecule has 30 heavy (non-hydrogen) atoms. The number of rotatable bonds is 8. The molecule has 1 amide bonds. The van der Waals surface area contributed by atoms with Gasteiger partial charge in [0, 0.05) is 6.54 Å². The second kappa shape index (κ2) is 10.8. The minimum absolute atomic E-state index is 0.141. The van der Waals surface area contributed by atoms with Crippen LogP contribution in [0.1, 0.15) is 38.3 Å². The van der Waals surface area contributed by atoms with E-state index in [2.05, 4.69) is 10.2 Å². The summed E-state index contributed by atoms with van der Waals surface area (Å²) >= 11 is 0. The zero-order valence-corrected chi connectivity index (χ0v) is 17.7. The maximum absolute atomic E-state index is 13.4. The summed E-state index contributed by atoms with van der Waals surface area (Å²) in [5.74, 6) is 0.102. The number of likely N-dealkylation sites (tertiary alicyclic amines) is 1. The molecule has 1 fully saturated rings. The third-order valence-electron chi connectivity index (χ3n) is 5.25. The molecule has 2 aromatic rings. The third kappa shape index (κ3) is 5.39. The van der Waals surface area contributed by atoms with E-state index in [1.54, 1.807) is 0 Å². The molecule has 0 saturated carbocycles. The van der Waals surface area contributed by atoms with Gasteiger partial charge in [-0.15, -0.1) is 0 Å². The zero-order chi connectivity index (χ0) is 21.3. The van der Waals surface area contributed by atoms with Crippen LogP contribution in [0, 0.1) is 5.92 Å². The van der Waals surface area contributed by atoms with Crippen LogP contribution in [-0.2, 0) is 14.3 Å². The van der Waals surface area contributed by atoms with Gasteiger partial charge in [0.25, 0.3) is 0 Å². The Morgan fingerprint density at radius 1 is 1.07 bits per heavy atom. The summed E-state index contributed by atoms with van der Waals surface area (Å²) in [4.78, 5) is 27.8. The Bertz CT molecular complexity index is 840. The van der Waals surface area contributed by atoms with E-state index in [-0.39, 0.29) is 17.8 Å². The molecule has 1 heterocycles. The summed E-state index contributed by atoms with van der Waals surface area (Å²) in [7, 11) is 0. The summed E-state index contributed by atoms with van der Waals surface area (Å²) in [6, 6.07) is 16.6. The normalized spacial score (nSPS) is 17.7. The Labute approximate surface area is 178 Å². The van der Waals surface area contributed by atoms with Gasteiger partial charge in [-0.05, 0) is 50.9 Å². The number of esters is 1. The second-order valence-corrected chi connectivity index (χ2v) is 7.32. The summed E-state index contributed by atoms with van der Waals surface area (Å²) < 4.78 is 10.9. The minimum Gasteiger partial charge on any atom is -0.492 e.